The topological polar surface area (TPSA) is 181 Å². The molecule has 1 aromatic carbocycles. The molecule has 13 nitrogen and oxygen atoms in total. The summed E-state index contributed by atoms with van der Waals surface area (Å²) in [4.78, 5) is 61.6. The molecule has 7 N–H and O–H groups in total. The van der Waals surface area contributed by atoms with Crippen LogP contribution in [0.4, 0.5) is 9.59 Å². The summed E-state index contributed by atoms with van der Waals surface area (Å²) in [5, 5.41) is 28.4. The van der Waals surface area contributed by atoms with Crippen LogP contribution in [0.15, 0.2) is 24.3 Å². The Hall–Kier alpha value is -3.17. The average molecular weight is 844 g/mol. The normalized spacial score (nSPS) is 23.2. The van der Waals surface area contributed by atoms with E-state index in [2.05, 4.69) is 36.8 Å². The maximum Gasteiger partial charge on any atom is 0.335 e. The van der Waals surface area contributed by atoms with Crippen molar-refractivity contribution in [2.75, 3.05) is 37.7 Å². The number of nitrogens with zero attached hydrogens (tertiary/aromatic N) is 1. The molecule has 15 heteroatoms. The van der Waals surface area contributed by atoms with Crippen LogP contribution in [0.1, 0.15) is 138 Å². The quantitative estimate of drug-likeness (QED) is 0.0353. The molecule has 324 valence electrons. The third-order valence-electron chi connectivity index (χ3n) is 12.0. The minimum atomic E-state index is -0.902. The minimum Gasteiger partial charge on any atom is -0.478 e. The lowest BCUT2D eigenvalue weighted by molar-refractivity contribution is -0.122. The molecule has 0 saturated carbocycles. The molecule has 0 unspecified atom stereocenters. The third-order valence-corrected chi connectivity index (χ3v) is 15.0. The number of hydrogen-bond acceptors (Lipinski definition) is 8. The van der Waals surface area contributed by atoms with Crippen LogP contribution in [-0.4, -0.2) is 112 Å². The van der Waals surface area contributed by atoms with Gasteiger partial charge in [-0.2, -0.15) is 23.5 Å². The van der Waals surface area contributed by atoms with Crippen LogP contribution in [0.5, 0.6) is 0 Å². The molecule has 1 aromatic rings. The van der Waals surface area contributed by atoms with E-state index in [1.165, 1.54) is 19.3 Å². The molecule has 4 aliphatic rings. The largest absolute Gasteiger partial charge is 0.478 e. The lowest BCUT2D eigenvalue weighted by Crippen LogP contribution is -2.36. The maximum atomic E-state index is 12.3. The van der Waals surface area contributed by atoms with Gasteiger partial charge in [-0.15, -0.1) is 0 Å². The van der Waals surface area contributed by atoms with Gasteiger partial charge in [0.15, 0.2) is 0 Å². The molecule has 0 aliphatic carbocycles. The summed E-state index contributed by atoms with van der Waals surface area (Å²) in [6.07, 6.45) is 19.3. The first kappa shape index (κ1) is 45.9. The Labute approximate surface area is 354 Å². The number of hydrogen-bond donors (Lipinski definition) is 7. The fraction of sp³-hybridized carbons (Fsp3) is 0.744. The highest BCUT2D eigenvalue weighted by Gasteiger charge is 2.43. The molecule has 6 atom stereocenters. The second-order valence-corrected chi connectivity index (χ2v) is 19.1. The van der Waals surface area contributed by atoms with Gasteiger partial charge in [0.25, 0.3) is 0 Å². The predicted octanol–water partition coefficient (Wildman–Crippen LogP) is 6.16. The summed E-state index contributed by atoms with van der Waals surface area (Å²) in [5.74, 6) is 1.32. The monoisotopic (exact) mass is 843 g/mol. The van der Waals surface area contributed by atoms with Gasteiger partial charge >= 0.3 is 18.0 Å². The van der Waals surface area contributed by atoms with Crippen molar-refractivity contribution in [2.24, 2.45) is 0 Å². The van der Waals surface area contributed by atoms with Crippen LogP contribution in [0, 0.1) is 0 Å². The number of carbonyl (C=O) groups excluding carboxylic acids is 4. The Morgan fingerprint density at radius 2 is 1.05 bits per heavy atom. The van der Waals surface area contributed by atoms with Crippen molar-refractivity contribution < 1.29 is 29.1 Å². The van der Waals surface area contributed by atoms with Crippen LogP contribution in [-0.2, 0) is 16.1 Å². The standard InChI is InChI=1S/C43H69N7O6S2/c51-37(18-10-8-16-35-39-33(29-57-35)46-42(55)48-39)44-24-12-4-1-2-6-14-26-50(28-31-20-22-32(23-21-31)41(53)54)27-15-7-3-5-13-25-45-38(52)19-11-9-17-36-40-34(30-58-36)47-43(56)49-40/h20-23,33-36,39-40H,1-19,24-30H2,(H,44,51)(H,45,52)(H,53,54)(H2,46,48,55)(H2,47,49,56)/t33-,34-,35-,36-,39-,40-/m0/s1. The Balaban J connectivity index is 0.845. The molecule has 58 heavy (non-hydrogen) atoms. The van der Waals surface area contributed by atoms with Crippen LogP contribution < -0.4 is 31.9 Å². The molecule has 0 spiro atoms. The number of fused-ring (bicyclic) bond motifs is 2. The van der Waals surface area contributed by atoms with Gasteiger partial charge in [-0.25, -0.2) is 14.4 Å². The third kappa shape index (κ3) is 16.1. The Morgan fingerprint density at radius 1 is 0.603 bits per heavy atom. The number of carbonyl (C=O) groups is 5. The number of rotatable bonds is 30. The maximum absolute atomic E-state index is 12.3. The summed E-state index contributed by atoms with van der Waals surface area (Å²) < 4.78 is 0. The lowest BCUT2D eigenvalue weighted by Gasteiger charge is -2.22. The van der Waals surface area contributed by atoms with Gasteiger partial charge in [0.05, 0.1) is 29.7 Å². The van der Waals surface area contributed by atoms with Gasteiger partial charge in [0, 0.05) is 54.5 Å². The average Bonchev–Trinajstić information content (AvgIpc) is 3.97. The number of benzene rings is 1. The Kier molecular flexibility index (Phi) is 20.1. The summed E-state index contributed by atoms with van der Waals surface area (Å²) in [5.41, 5.74) is 1.45. The first-order valence-electron chi connectivity index (χ1n) is 22.2. The second kappa shape index (κ2) is 25.5. The highest BCUT2D eigenvalue weighted by Crippen LogP contribution is 2.34. The fourth-order valence-electron chi connectivity index (χ4n) is 8.62. The highest BCUT2D eigenvalue weighted by atomic mass is 32.2. The number of thioether (sulfide) groups is 2. The molecular weight excluding hydrogens is 775 g/mol. The number of unbranched alkanes of at least 4 members (excludes halogenated alkanes) is 11. The van der Waals surface area contributed by atoms with E-state index in [1.807, 2.05) is 35.7 Å². The van der Waals surface area contributed by atoms with Crippen molar-refractivity contribution in [2.45, 2.75) is 163 Å². The summed E-state index contributed by atoms with van der Waals surface area (Å²) in [7, 11) is 0. The van der Waals surface area contributed by atoms with Gasteiger partial charge in [0.2, 0.25) is 11.8 Å². The number of carboxylic acids is 1. The van der Waals surface area contributed by atoms with Crippen molar-refractivity contribution in [1.82, 2.24) is 36.8 Å². The van der Waals surface area contributed by atoms with Crippen LogP contribution in [0.2, 0.25) is 0 Å². The number of nitrogens with one attached hydrogen (secondary N) is 6. The number of aromatic carboxylic acids is 1. The number of urea groups is 2. The van der Waals surface area contributed by atoms with Crippen LogP contribution in [0.3, 0.4) is 0 Å². The van der Waals surface area contributed by atoms with Crippen molar-refractivity contribution in [3.63, 3.8) is 0 Å². The lowest BCUT2D eigenvalue weighted by atomic mass is 10.0. The van der Waals surface area contributed by atoms with E-state index in [-0.39, 0.29) is 48.0 Å². The molecule has 0 aromatic heterocycles. The van der Waals surface area contributed by atoms with Crippen LogP contribution in [0.25, 0.3) is 0 Å². The molecule has 4 heterocycles. The minimum absolute atomic E-state index is 0.0485. The van der Waals surface area contributed by atoms with Crippen molar-refractivity contribution in [3.05, 3.63) is 35.4 Å². The van der Waals surface area contributed by atoms with E-state index >= 15 is 0 Å². The molecule has 4 saturated heterocycles. The zero-order valence-electron chi connectivity index (χ0n) is 34.4. The van der Waals surface area contributed by atoms with Gasteiger partial charge in [0.1, 0.15) is 0 Å². The molecule has 5 rings (SSSR count). The Morgan fingerprint density at radius 3 is 1.52 bits per heavy atom. The van der Waals surface area contributed by atoms with Crippen LogP contribution >= 0.6 is 23.5 Å². The van der Waals surface area contributed by atoms with Crippen molar-refractivity contribution >= 4 is 53.4 Å². The molecule has 0 bridgehead atoms. The number of carboxylic acid groups (broad SMARTS) is 1. The molecule has 0 radical (unpaired) electrons. The zero-order chi connectivity index (χ0) is 41.0. The summed E-state index contributed by atoms with van der Waals surface area (Å²) in [6, 6.07) is 8.12. The molecular formula is C43H69N7O6S2. The molecule has 4 fully saturated rings. The molecule has 6 amide bonds. The van der Waals surface area contributed by atoms with Gasteiger partial charge in [-0.05, 0) is 82.2 Å². The second-order valence-electron chi connectivity index (χ2n) is 16.6. The van der Waals surface area contributed by atoms with E-state index < -0.39 is 5.97 Å². The summed E-state index contributed by atoms with van der Waals surface area (Å²) in [6.45, 7) is 4.32. The summed E-state index contributed by atoms with van der Waals surface area (Å²) >= 11 is 3.85. The highest BCUT2D eigenvalue weighted by molar-refractivity contribution is 8.00. The first-order chi connectivity index (χ1) is 28.2. The zero-order valence-corrected chi connectivity index (χ0v) is 36.0. The van der Waals surface area contributed by atoms with E-state index in [9.17, 15) is 29.1 Å². The van der Waals surface area contributed by atoms with E-state index in [1.54, 1.807) is 12.1 Å². The fourth-order valence-corrected chi connectivity index (χ4v) is 11.7. The first-order valence-corrected chi connectivity index (χ1v) is 24.3. The smallest absolute Gasteiger partial charge is 0.335 e. The molecule has 4 aliphatic heterocycles. The SMILES string of the molecule is O=C(CCCC[C@@H]1SC[C@@H]2NC(=O)N[C@@H]21)NCCCCCCCCN(CCCCCCCNC(=O)CCCC[C@@H]1SC[C@@H]2NC(=O)N[C@@H]21)Cc1ccc(C(=O)O)cc1. The number of amides is 6. The van der Waals surface area contributed by atoms with E-state index in [4.69, 9.17) is 0 Å². The van der Waals surface area contributed by atoms with Crippen molar-refractivity contribution in [1.29, 1.82) is 0 Å². The van der Waals surface area contributed by atoms with E-state index in [0.717, 1.165) is 140 Å². The van der Waals surface area contributed by atoms with Crippen molar-refractivity contribution in [3.8, 4) is 0 Å². The van der Waals surface area contributed by atoms with Gasteiger partial charge < -0.3 is 37.0 Å². The predicted molar refractivity (Wildman–Crippen MR) is 233 cm³/mol. The van der Waals surface area contributed by atoms with E-state index in [0.29, 0.717) is 28.9 Å². The Bertz CT molecular complexity index is 1450. The van der Waals surface area contributed by atoms with Gasteiger partial charge in [-0.1, -0.05) is 69.9 Å². The van der Waals surface area contributed by atoms with Gasteiger partial charge in [-0.3, -0.25) is 14.5 Å².